The smallest absolute Gasteiger partial charge is 0.267 e. The number of thioether (sulfide) groups is 1. The summed E-state index contributed by atoms with van der Waals surface area (Å²) in [4.78, 5) is 44.4. The van der Waals surface area contributed by atoms with Crippen LogP contribution in [0.1, 0.15) is 36.6 Å². The number of nitrogens with one attached hydrogen (secondary N) is 1. The van der Waals surface area contributed by atoms with E-state index in [1.54, 1.807) is 15.9 Å². The minimum Gasteiger partial charge on any atom is -0.295 e. The monoisotopic (exact) mass is 439 g/mol. The maximum absolute atomic E-state index is 13.7. The molecular formula is C22H21N3O3S2. The number of rotatable bonds is 3. The second-order valence-corrected chi connectivity index (χ2v) is 10.2. The van der Waals surface area contributed by atoms with E-state index in [0.29, 0.717) is 23.9 Å². The normalized spacial score (nSPS) is 21.5. The summed E-state index contributed by atoms with van der Waals surface area (Å²) < 4.78 is 1.63. The molecule has 1 fully saturated rings. The summed E-state index contributed by atoms with van der Waals surface area (Å²) in [5.74, 6) is 0.0458. The van der Waals surface area contributed by atoms with Crippen molar-refractivity contribution in [2.24, 2.45) is 5.92 Å². The number of piperidine rings is 1. The zero-order valence-corrected chi connectivity index (χ0v) is 18.1. The fourth-order valence-corrected chi connectivity index (χ4v) is 6.69. The van der Waals surface area contributed by atoms with E-state index in [4.69, 9.17) is 4.98 Å². The summed E-state index contributed by atoms with van der Waals surface area (Å²) >= 11 is 2.87. The highest BCUT2D eigenvalue weighted by atomic mass is 32.2. The Morgan fingerprint density at radius 3 is 2.70 bits per heavy atom. The fourth-order valence-electron chi connectivity index (χ4n) is 4.17. The summed E-state index contributed by atoms with van der Waals surface area (Å²) in [5, 5.41) is 3.17. The molecule has 0 radical (unpaired) electrons. The van der Waals surface area contributed by atoms with Gasteiger partial charge in [-0.05, 0) is 49.3 Å². The Kier molecular flexibility index (Phi) is 4.99. The van der Waals surface area contributed by atoms with Crippen LogP contribution in [0.3, 0.4) is 0 Å². The number of nitrogens with zero attached hydrogens (tertiary/aromatic N) is 2. The molecule has 0 bridgehead atoms. The molecular weight excluding hydrogens is 418 g/mol. The number of imide groups is 1. The van der Waals surface area contributed by atoms with E-state index in [2.05, 4.69) is 12.2 Å². The molecule has 0 spiro atoms. The minimum absolute atomic E-state index is 0.0759. The lowest BCUT2D eigenvalue weighted by molar-refractivity contribution is -0.132. The van der Waals surface area contributed by atoms with Crippen LogP contribution in [0, 0.1) is 5.92 Å². The number of thiophene rings is 1. The van der Waals surface area contributed by atoms with Gasteiger partial charge in [0.25, 0.3) is 5.56 Å². The van der Waals surface area contributed by atoms with Crippen molar-refractivity contribution in [3.63, 3.8) is 0 Å². The molecule has 1 saturated heterocycles. The van der Waals surface area contributed by atoms with Gasteiger partial charge in [0.15, 0.2) is 5.16 Å². The van der Waals surface area contributed by atoms with Gasteiger partial charge in [0.1, 0.15) is 4.83 Å². The first-order valence-corrected chi connectivity index (χ1v) is 11.8. The molecule has 30 heavy (non-hydrogen) atoms. The van der Waals surface area contributed by atoms with E-state index < -0.39 is 5.25 Å². The van der Waals surface area contributed by atoms with Crippen molar-refractivity contribution in [2.45, 2.75) is 49.4 Å². The molecule has 0 unspecified atom stereocenters. The summed E-state index contributed by atoms with van der Waals surface area (Å²) in [7, 11) is 0. The van der Waals surface area contributed by atoms with Crippen LogP contribution in [0.2, 0.25) is 0 Å². The third-order valence-electron chi connectivity index (χ3n) is 5.75. The van der Waals surface area contributed by atoms with Crippen molar-refractivity contribution in [1.82, 2.24) is 14.9 Å². The average molecular weight is 440 g/mol. The van der Waals surface area contributed by atoms with Crippen LogP contribution in [0.5, 0.6) is 0 Å². The van der Waals surface area contributed by atoms with E-state index in [-0.39, 0.29) is 17.4 Å². The highest BCUT2D eigenvalue weighted by molar-refractivity contribution is 8.00. The number of aryl methyl sites for hydroxylation is 1. The SMILES string of the molecule is C[C@@H]1CCc2c(sc3nc(S[C@H]4CCC(=O)NC4=O)n(-c4ccccc4)c(=O)c23)C1. The van der Waals surface area contributed by atoms with Crippen LogP contribution >= 0.6 is 23.1 Å². The Morgan fingerprint density at radius 1 is 1.13 bits per heavy atom. The second kappa shape index (κ2) is 7.67. The number of aromatic nitrogens is 2. The van der Waals surface area contributed by atoms with Gasteiger partial charge in [-0.1, -0.05) is 36.9 Å². The van der Waals surface area contributed by atoms with Gasteiger partial charge < -0.3 is 0 Å². The number of carbonyl (C=O) groups is 2. The Labute approximate surface area is 181 Å². The number of carbonyl (C=O) groups excluding carboxylic acids is 2. The third kappa shape index (κ3) is 3.37. The largest absolute Gasteiger partial charge is 0.295 e. The molecule has 1 aliphatic carbocycles. The van der Waals surface area contributed by atoms with Gasteiger partial charge in [-0.3, -0.25) is 24.3 Å². The quantitative estimate of drug-likeness (QED) is 0.499. The number of amides is 2. The first-order chi connectivity index (χ1) is 14.5. The molecule has 2 aliphatic rings. The number of benzene rings is 1. The summed E-state index contributed by atoms with van der Waals surface area (Å²) in [6, 6.07) is 9.43. The first-order valence-electron chi connectivity index (χ1n) is 10.1. The van der Waals surface area contributed by atoms with Crippen molar-refractivity contribution >= 4 is 45.1 Å². The first kappa shape index (κ1) is 19.5. The van der Waals surface area contributed by atoms with E-state index >= 15 is 0 Å². The van der Waals surface area contributed by atoms with Crippen molar-refractivity contribution in [1.29, 1.82) is 0 Å². The van der Waals surface area contributed by atoms with Gasteiger partial charge in [0, 0.05) is 11.3 Å². The van der Waals surface area contributed by atoms with Crippen molar-refractivity contribution < 1.29 is 9.59 Å². The van der Waals surface area contributed by atoms with Gasteiger partial charge in [-0.25, -0.2) is 4.98 Å². The topological polar surface area (TPSA) is 81.1 Å². The Bertz CT molecular complexity index is 1220. The summed E-state index contributed by atoms with van der Waals surface area (Å²) in [5.41, 5.74) is 1.80. The van der Waals surface area contributed by atoms with E-state index in [1.165, 1.54) is 16.6 Å². The Balaban J connectivity index is 1.68. The molecule has 0 saturated carbocycles. The lowest BCUT2D eigenvalue weighted by Crippen LogP contribution is -2.42. The molecule has 154 valence electrons. The van der Waals surface area contributed by atoms with Crippen molar-refractivity contribution in [3.05, 3.63) is 51.1 Å². The van der Waals surface area contributed by atoms with E-state index in [1.807, 2.05) is 30.3 Å². The fraction of sp³-hybridized carbons (Fsp3) is 0.364. The Hall–Kier alpha value is -2.45. The lowest BCUT2D eigenvalue weighted by Gasteiger charge is -2.21. The molecule has 3 aromatic rings. The van der Waals surface area contributed by atoms with Gasteiger partial charge in [0.05, 0.1) is 16.3 Å². The molecule has 5 rings (SSSR count). The molecule has 6 nitrogen and oxygen atoms in total. The average Bonchev–Trinajstić information content (AvgIpc) is 3.08. The van der Waals surface area contributed by atoms with E-state index in [9.17, 15) is 14.4 Å². The standard InChI is InChI=1S/C22H21N3O3S2/c1-12-7-8-14-16(11-12)29-20-18(14)21(28)25(13-5-3-2-4-6-13)22(24-20)30-15-9-10-17(26)23-19(15)27/h2-6,12,15H,7-11H2,1H3,(H,23,26,27)/t12-,15+/m1/s1. The molecule has 1 N–H and O–H groups in total. The molecule has 2 atom stereocenters. The zero-order chi connectivity index (χ0) is 20.8. The van der Waals surface area contributed by atoms with Gasteiger partial charge >= 0.3 is 0 Å². The highest BCUT2D eigenvalue weighted by Gasteiger charge is 2.31. The van der Waals surface area contributed by atoms with Crippen LogP contribution in [-0.4, -0.2) is 26.6 Å². The van der Waals surface area contributed by atoms with Crippen LogP contribution in [-0.2, 0) is 22.4 Å². The number of hydrogen-bond acceptors (Lipinski definition) is 6. The predicted molar refractivity (Wildman–Crippen MR) is 118 cm³/mol. The minimum atomic E-state index is -0.448. The number of para-hydroxylation sites is 1. The molecule has 8 heteroatoms. The zero-order valence-electron chi connectivity index (χ0n) is 16.5. The second-order valence-electron chi connectivity index (χ2n) is 7.96. The van der Waals surface area contributed by atoms with Crippen LogP contribution < -0.4 is 10.9 Å². The van der Waals surface area contributed by atoms with Crippen LogP contribution in [0.15, 0.2) is 40.3 Å². The maximum atomic E-state index is 13.7. The van der Waals surface area contributed by atoms with E-state index in [0.717, 1.165) is 40.7 Å². The van der Waals surface area contributed by atoms with Gasteiger partial charge in [-0.15, -0.1) is 11.3 Å². The van der Waals surface area contributed by atoms with Crippen molar-refractivity contribution in [3.8, 4) is 5.69 Å². The molecule has 1 aromatic carbocycles. The van der Waals surface area contributed by atoms with Crippen molar-refractivity contribution in [2.75, 3.05) is 0 Å². The third-order valence-corrected chi connectivity index (χ3v) is 8.12. The van der Waals surface area contributed by atoms with Crippen LogP contribution in [0.25, 0.3) is 15.9 Å². The number of hydrogen-bond donors (Lipinski definition) is 1. The molecule has 2 amide bonds. The molecule has 1 aliphatic heterocycles. The number of fused-ring (bicyclic) bond motifs is 3. The lowest BCUT2D eigenvalue weighted by atomic mass is 9.89. The molecule has 3 heterocycles. The van der Waals surface area contributed by atoms with Crippen LogP contribution in [0.4, 0.5) is 0 Å². The highest BCUT2D eigenvalue weighted by Crippen LogP contribution is 2.37. The molecule has 2 aromatic heterocycles. The maximum Gasteiger partial charge on any atom is 0.267 e. The van der Waals surface area contributed by atoms with Gasteiger partial charge in [0.2, 0.25) is 11.8 Å². The predicted octanol–water partition coefficient (Wildman–Crippen LogP) is 3.47. The Morgan fingerprint density at radius 2 is 1.93 bits per heavy atom. The van der Waals surface area contributed by atoms with Gasteiger partial charge in [-0.2, -0.15) is 0 Å². The summed E-state index contributed by atoms with van der Waals surface area (Å²) in [6.07, 6.45) is 3.71. The summed E-state index contributed by atoms with van der Waals surface area (Å²) in [6.45, 7) is 2.24.